The normalized spacial score (nSPS) is 14.4. The Hall–Kier alpha value is -0.950. The van der Waals surface area contributed by atoms with Gasteiger partial charge in [-0.05, 0) is 59.2 Å². The molecule has 0 unspecified atom stereocenters. The molecule has 0 saturated heterocycles. The van der Waals surface area contributed by atoms with Crippen molar-refractivity contribution in [2.24, 2.45) is 0 Å². The number of hydrogen-bond donors (Lipinski definition) is 0. The number of carbonyl (C=O) groups is 1. The van der Waals surface area contributed by atoms with Crippen LogP contribution in [-0.2, 0) is 6.54 Å². The average Bonchev–Trinajstić information content (AvgIpc) is 3.18. The number of pyridine rings is 1. The molecule has 0 aromatic carbocycles. The van der Waals surface area contributed by atoms with Crippen molar-refractivity contribution in [1.29, 1.82) is 0 Å². The van der Waals surface area contributed by atoms with Crippen molar-refractivity contribution in [2.75, 3.05) is 0 Å². The van der Waals surface area contributed by atoms with E-state index >= 15 is 0 Å². The second-order valence-corrected chi connectivity index (χ2v) is 7.46. The molecule has 0 bridgehead atoms. The Kier molecular flexibility index (Phi) is 3.83. The summed E-state index contributed by atoms with van der Waals surface area (Å²) >= 11 is 3.87. The fourth-order valence-electron chi connectivity index (χ4n) is 2.03. The summed E-state index contributed by atoms with van der Waals surface area (Å²) in [4.78, 5) is 18.6. The van der Waals surface area contributed by atoms with Gasteiger partial charge in [-0.25, -0.2) is 0 Å². The van der Waals surface area contributed by atoms with Crippen molar-refractivity contribution in [3.8, 4) is 0 Å². The lowest BCUT2D eigenvalue weighted by atomic mass is 10.2. The Labute approximate surface area is 129 Å². The molecule has 3 rings (SSSR count). The van der Waals surface area contributed by atoms with Gasteiger partial charge in [0.25, 0.3) is 5.91 Å². The third-order valence-corrected chi connectivity index (χ3v) is 4.95. The summed E-state index contributed by atoms with van der Waals surface area (Å²) in [5.41, 5.74) is 1.95. The molecule has 0 aliphatic heterocycles. The van der Waals surface area contributed by atoms with Gasteiger partial charge in [-0.1, -0.05) is 0 Å². The largest absolute Gasteiger partial charge is 0.331 e. The zero-order valence-corrected chi connectivity index (χ0v) is 13.2. The van der Waals surface area contributed by atoms with Crippen LogP contribution in [0.4, 0.5) is 0 Å². The average molecular weight is 384 g/mol. The number of hydrogen-bond acceptors (Lipinski definition) is 3. The van der Waals surface area contributed by atoms with E-state index in [1.165, 1.54) is 0 Å². The van der Waals surface area contributed by atoms with E-state index in [1.54, 1.807) is 23.7 Å². The standard InChI is InChI=1S/C14H13IN2OS/c15-13-7-11(9-19-13)14(18)17(12-1-2-12)8-10-3-5-16-6-4-10/h3-7,9,12H,1-2,8H2. The molecule has 0 atom stereocenters. The zero-order chi connectivity index (χ0) is 13.2. The lowest BCUT2D eigenvalue weighted by molar-refractivity contribution is 0.0730. The molecule has 1 aliphatic rings. The maximum absolute atomic E-state index is 12.6. The Morgan fingerprint density at radius 3 is 2.74 bits per heavy atom. The summed E-state index contributed by atoms with van der Waals surface area (Å²) in [5, 5.41) is 1.95. The Bertz CT molecular complexity index is 580. The molecule has 0 spiro atoms. The van der Waals surface area contributed by atoms with Gasteiger partial charge in [-0.2, -0.15) is 0 Å². The highest BCUT2D eigenvalue weighted by molar-refractivity contribution is 14.1. The molecule has 2 heterocycles. The fourth-order valence-corrected chi connectivity index (χ4v) is 3.35. The second kappa shape index (κ2) is 5.58. The zero-order valence-electron chi connectivity index (χ0n) is 10.3. The van der Waals surface area contributed by atoms with E-state index in [0.29, 0.717) is 12.6 Å². The number of amides is 1. The predicted molar refractivity (Wildman–Crippen MR) is 84.2 cm³/mol. The molecule has 3 nitrogen and oxygen atoms in total. The highest BCUT2D eigenvalue weighted by atomic mass is 127. The molecule has 98 valence electrons. The van der Waals surface area contributed by atoms with Crippen LogP contribution in [0.5, 0.6) is 0 Å². The molecular weight excluding hydrogens is 371 g/mol. The van der Waals surface area contributed by atoms with Crippen molar-refractivity contribution < 1.29 is 4.79 Å². The van der Waals surface area contributed by atoms with Crippen LogP contribution >= 0.6 is 33.9 Å². The molecule has 19 heavy (non-hydrogen) atoms. The van der Waals surface area contributed by atoms with Crippen LogP contribution in [0.15, 0.2) is 36.0 Å². The van der Waals surface area contributed by atoms with Crippen LogP contribution in [0.1, 0.15) is 28.8 Å². The lowest BCUT2D eigenvalue weighted by Crippen LogP contribution is -2.32. The molecule has 5 heteroatoms. The highest BCUT2D eigenvalue weighted by Gasteiger charge is 2.33. The van der Waals surface area contributed by atoms with Gasteiger partial charge in [0.1, 0.15) is 0 Å². The van der Waals surface area contributed by atoms with Gasteiger partial charge < -0.3 is 4.90 Å². The topological polar surface area (TPSA) is 33.2 Å². The minimum absolute atomic E-state index is 0.151. The second-order valence-electron chi connectivity index (χ2n) is 4.66. The molecule has 0 N–H and O–H groups in total. The van der Waals surface area contributed by atoms with E-state index in [0.717, 1.165) is 26.9 Å². The van der Waals surface area contributed by atoms with E-state index in [1.807, 2.05) is 28.5 Å². The van der Waals surface area contributed by atoms with Gasteiger partial charge in [-0.3, -0.25) is 9.78 Å². The van der Waals surface area contributed by atoms with Crippen LogP contribution in [-0.4, -0.2) is 21.8 Å². The van der Waals surface area contributed by atoms with Crippen molar-refractivity contribution in [3.05, 3.63) is 50.0 Å². The smallest absolute Gasteiger partial charge is 0.255 e. The SMILES string of the molecule is O=C(c1csc(I)c1)N(Cc1ccncc1)C1CC1. The molecule has 1 amide bonds. The Balaban J connectivity index is 1.79. The lowest BCUT2D eigenvalue weighted by Gasteiger charge is -2.22. The van der Waals surface area contributed by atoms with Gasteiger partial charge in [0.2, 0.25) is 0 Å². The molecule has 2 aromatic rings. The van der Waals surface area contributed by atoms with E-state index in [4.69, 9.17) is 0 Å². The summed E-state index contributed by atoms with van der Waals surface area (Å²) in [6.45, 7) is 0.679. The molecule has 1 fully saturated rings. The first-order valence-corrected chi connectivity index (χ1v) is 8.14. The number of thiophene rings is 1. The summed E-state index contributed by atoms with van der Waals surface area (Å²) in [6.07, 6.45) is 5.80. The number of rotatable bonds is 4. The number of halogens is 1. The van der Waals surface area contributed by atoms with Crippen LogP contribution in [0.3, 0.4) is 0 Å². The molecule has 1 aliphatic carbocycles. The molecule has 1 saturated carbocycles. The Morgan fingerprint density at radius 2 is 2.16 bits per heavy atom. The molecule has 2 aromatic heterocycles. The monoisotopic (exact) mass is 384 g/mol. The van der Waals surface area contributed by atoms with E-state index in [2.05, 4.69) is 27.6 Å². The third-order valence-electron chi connectivity index (χ3n) is 3.17. The first-order chi connectivity index (χ1) is 9.24. The first kappa shape index (κ1) is 13.1. The summed E-state index contributed by atoms with van der Waals surface area (Å²) in [7, 11) is 0. The van der Waals surface area contributed by atoms with Crippen LogP contribution < -0.4 is 0 Å². The van der Waals surface area contributed by atoms with E-state index in [9.17, 15) is 4.79 Å². The number of carbonyl (C=O) groups excluding carboxylic acids is 1. The van der Waals surface area contributed by atoms with Gasteiger partial charge in [0.05, 0.1) is 8.45 Å². The van der Waals surface area contributed by atoms with E-state index < -0.39 is 0 Å². The fraction of sp³-hybridized carbons (Fsp3) is 0.286. The predicted octanol–water partition coefficient (Wildman–Crippen LogP) is 3.55. The van der Waals surface area contributed by atoms with Gasteiger partial charge >= 0.3 is 0 Å². The molecule has 0 radical (unpaired) electrons. The third kappa shape index (κ3) is 3.14. The summed E-state index contributed by atoms with van der Waals surface area (Å²) in [6, 6.07) is 6.33. The molecular formula is C14H13IN2OS. The minimum atomic E-state index is 0.151. The van der Waals surface area contributed by atoms with Crippen LogP contribution in [0.2, 0.25) is 0 Å². The maximum atomic E-state index is 12.6. The first-order valence-electron chi connectivity index (χ1n) is 6.18. The van der Waals surface area contributed by atoms with E-state index in [-0.39, 0.29) is 5.91 Å². The summed E-state index contributed by atoms with van der Waals surface area (Å²) in [5.74, 6) is 0.151. The van der Waals surface area contributed by atoms with Crippen molar-refractivity contribution in [2.45, 2.75) is 25.4 Å². The quantitative estimate of drug-likeness (QED) is 0.756. The van der Waals surface area contributed by atoms with Gasteiger partial charge in [-0.15, -0.1) is 11.3 Å². The Morgan fingerprint density at radius 1 is 1.42 bits per heavy atom. The number of nitrogens with zero attached hydrogens (tertiary/aromatic N) is 2. The van der Waals surface area contributed by atoms with Crippen LogP contribution in [0, 0.1) is 2.88 Å². The maximum Gasteiger partial charge on any atom is 0.255 e. The van der Waals surface area contributed by atoms with Crippen molar-refractivity contribution in [3.63, 3.8) is 0 Å². The minimum Gasteiger partial charge on any atom is -0.331 e. The van der Waals surface area contributed by atoms with Crippen LogP contribution in [0.25, 0.3) is 0 Å². The summed E-state index contributed by atoms with van der Waals surface area (Å²) < 4.78 is 1.15. The number of aromatic nitrogens is 1. The van der Waals surface area contributed by atoms with Gasteiger partial charge in [0, 0.05) is 30.4 Å². The van der Waals surface area contributed by atoms with Crippen molar-refractivity contribution >= 4 is 39.8 Å². The van der Waals surface area contributed by atoms with Crippen molar-refractivity contribution in [1.82, 2.24) is 9.88 Å². The van der Waals surface area contributed by atoms with Gasteiger partial charge in [0.15, 0.2) is 0 Å². The highest BCUT2D eigenvalue weighted by Crippen LogP contribution is 2.30.